The summed E-state index contributed by atoms with van der Waals surface area (Å²) in [5, 5.41) is 4.70. The van der Waals surface area contributed by atoms with Crippen molar-refractivity contribution in [2.45, 2.75) is 45.1 Å². The number of carbonyl (C=O) groups is 1. The molecule has 39 heavy (non-hydrogen) atoms. The van der Waals surface area contributed by atoms with Gasteiger partial charge in [-0.15, -0.1) is 0 Å². The van der Waals surface area contributed by atoms with E-state index in [2.05, 4.69) is 10.1 Å². The first-order valence-corrected chi connectivity index (χ1v) is 14.9. The molecule has 3 heterocycles. The highest BCUT2D eigenvalue weighted by molar-refractivity contribution is 7.89. The van der Waals surface area contributed by atoms with E-state index in [1.54, 1.807) is 28.9 Å². The lowest BCUT2D eigenvalue weighted by Gasteiger charge is -2.33. The van der Waals surface area contributed by atoms with Crippen LogP contribution in [-0.4, -0.2) is 53.0 Å². The van der Waals surface area contributed by atoms with Crippen LogP contribution in [0.1, 0.15) is 29.8 Å². The van der Waals surface area contributed by atoms with Gasteiger partial charge in [0.15, 0.2) is 10.9 Å². The first-order chi connectivity index (χ1) is 18.5. The smallest absolute Gasteiger partial charge is 0.243 e. The first kappa shape index (κ1) is 27.4. The molecule has 2 aromatic heterocycles. The number of hydrogen-bond acceptors (Lipinski definition) is 6. The molecule has 1 atom stereocenters. The molecule has 12 heteroatoms. The lowest BCUT2D eigenvalue weighted by molar-refractivity contribution is -0.123. The van der Waals surface area contributed by atoms with Crippen molar-refractivity contribution < 1.29 is 22.0 Å². The Morgan fingerprint density at radius 1 is 1.13 bits per heavy atom. The maximum Gasteiger partial charge on any atom is 0.243 e. The molecule has 0 N–H and O–H groups in total. The fraction of sp³-hybridized carbons (Fsp3) is 0.370. The third kappa shape index (κ3) is 5.59. The summed E-state index contributed by atoms with van der Waals surface area (Å²) in [7, 11) is -3.78. The number of halogens is 2. The second kappa shape index (κ2) is 10.7. The average molecular weight is 574 g/mol. The minimum absolute atomic E-state index is 0.00691. The number of benzene rings is 2. The molecule has 1 aliphatic rings. The van der Waals surface area contributed by atoms with Gasteiger partial charge in [0, 0.05) is 31.4 Å². The number of rotatable bonds is 7. The van der Waals surface area contributed by atoms with Crippen molar-refractivity contribution in [3.05, 3.63) is 71.1 Å². The molecule has 1 amide bonds. The lowest BCUT2D eigenvalue weighted by atomic mass is 9.98. The summed E-state index contributed by atoms with van der Waals surface area (Å²) in [6.45, 7) is 6.56. The molecule has 8 nitrogen and oxygen atoms in total. The van der Waals surface area contributed by atoms with Crippen molar-refractivity contribution in [3.8, 4) is 0 Å². The quantitative estimate of drug-likeness (QED) is 0.316. The van der Waals surface area contributed by atoms with Crippen LogP contribution in [0.25, 0.3) is 10.2 Å². The molecule has 1 unspecified atom stereocenters. The summed E-state index contributed by atoms with van der Waals surface area (Å²) in [4.78, 5) is 20.0. The Morgan fingerprint density at radius 2 is 1.87 bits per heavy atom. The molecule has 0 radical (unpaired) electrons. The van der Waals surface area contributed by atoms with E-state index in [0.29, 0.717) is 30.6 Å². The molecule has 1 fully saturated rings. The second-order valence-electron chi connectivity index (χ2n) is 9.89. The van der Waals surface area contributed by atoms with Gasteiger partial charge in [0.2, 0.25) is 15.9 Å². The maximum atomic E-state index is 14.5. The molecule has 1 saturated heterocycles. The molecule has 5 rings (SSSR count). The minimum atomic E-state index is -3.78. The summed E-state index contributed by atoms with van der Waals surface area (Å²) < 4.78 is 58.5. The first-order valence-electron chi connectivity index (χ1n) is 12.7. The molecule has 0 bridgehead atoms. The van der Waals surface area contributed by atoms with E-state index in [1.165, 1.54) is 15.3 Å². The van der Waals surface area contributed by atoms with Crippen LogP contribution in [-0.2, 0) is 21.4 Å². The van der Waals surface area contributed by atoms with Gasteiger partial charge in [-0.05, 0) is 57.9 Å². The van der Waals surface area contributed by atoms with E-state index < -0.39 is 27.6 Å². The van der Waals surface area contributed by atoms with Gasteiger partial charge >= 0.3 is 0 Å². The van der Waals surface area contributed by atoms with Crippen molar-refractivity contribution in [1.29, 1.82) is 0 Å². The van der Waals surface area contributed by atoms with Gasteiger partial charge in [-0.3, -0.25) is 14.4 Å². The highest BCUT2D eigenvalue weighted by Gasteiger charge is 2.36. The van der Waals surface area contributed by atoms with Gasteiger partial charge in [0.05, 0.1) is 27.8 Å². The van der Waals surface area contributed by atoms with Crippen LogP contribution >= 0.6 is 11.3 Å². The molecule has 0 saturated carbocycles. The number of nitrogens with zero attached hydrogens (tertiary/aromatic N) is 5. The number of aromatic nitrogens is 3. The number of amides is 1. The van der Waals surface area contributed by atoms with Gasteiger partial charge in [-0.25, -0.2) is 22.2 Å². The fourth-order valence-electron chi connectivity index (χ4n) is 4.90. The zero-order valence-corrected chi connectivity index (χ0v) is 23.5. The predicted octanol–water partition coefficient (Wildman–Crippen LogP) is 4.83. The SMILES string of the molecule is Cc1ccc(S(=O)(=O)N2CCCC(C(=O)N(CCn3nc(C)cc3C)c3nc4c(F)cc(F)cc4s3)C2)cc1. The summed E-state index contributed by atoms with van der Waals surface area (Å²) in [5.74, 6) is -2.44. The van der Waals surface area contributed by atoms with Crippen LogP contribution in [0.4, 0.5) is 13.9 Å². The third-order valence-corrected chi connectivity index (χ3v) is 9.83. The molecule has 1 aliphatic heterocycles. The highest BCUT2D eigenvalue weighted by Crippen LogP contribution is 2.33. The number of anilines is 1. The zero-order valence-electron chi connectivity index (χ0n) is 21.9. The van der Waals surface area contributed by atoms with Gasteiger partial charge in [-0.1, -0.05) is 29.0 Å². The minimum Gasteiger partial charge on any atom is -0.286 e. The van der Waals surface area contributed by atoms with Gasteiger partial charge in [0.25, 0.3) is 0 Å². The molecule has 4 aromatic rings. The van der Waals surface area contributed by atoms with Crippen molar-refractivity contribution in [1.82, 2.24) is 19.1 Å². The predicted molar refractivity (Wildman–Crippen MR) is 146 cm³/mol. The standard InChI is InChI=1S/C27H29F2N5O3S2/c1-17-6-8-22(9-7-17)39(36,37)32-10-4-5-20(16-32)26(35)33(11-12-34-19(3)13-18(2)31-34)27-30-25-23(29)14-21(28)15-24(25)38-27/h6-9,13-15,20H,4-5,10-12,16H2,1-3H3. The van der Waals surface area contributed by atoms with Crippen molar-refractivity contribution in [2.75, 3.05) is 24.5 Å². The summed E-state index contributed by atoms with van der Waals surface area (Å²) >= 11 is 1.03. The van der Waals surface area contributed by atoms with Crippen LogP contribution in [0.2, 0.25) is 0 Å². The van der Waals surface area contributed by atoms with E-state index in [1.807, 2.05) is 26.8 Å². The van der Waals surface area contributed by atoms with Gasteiger partial charge < -0.3 is 0 Å². The molecule has 206 valence electrons. The van der Waals surface area contributed by atoms with Gasteiger partial charge in [0.1, 0.15) is 11.3 Å². The van der Waals surface area contributed by atoms with E-state index >= 15 is 0 Å². The summed E-state index contributed by atoms with van der Waals surface area (Å²) in [6.07, 6.45) is 1.02. The second-order valence-corrected chi connectivity index (χ2v) is 12.8. The lowest BCUT2D eigenvalue weighted by Crippen LogP contribution is -2.47. The number of aryl methyl sites for hydroxylation is 3. The van der Waals surface area contributed by atoms with Crippen LogP contribution in [0, 0.1) is 38.3 Å². The number of sulfonamides is 1. The van der Waals surface area contributed by atoms with E-state index in [0.717, 1.165) is 34.4 Å². The molecular weight excluding hydrogens is 544 g/mol. The Morgan fingerprint density at radius 3 is 2.56 bits per heavy atom. The number of hydrogen-bond donors (Lipinski definition) is 0. The van der Waals surface area contributed by atoms with Crippen LogP contribution < -0.4 is 4.90 Å². The number of piperidine rings is 1. The highest BCUT2D eigenvalue weighted by atomic mass is 32.2. The largest absolute Gasteiger partial charge is 0.286 e. The Hall–Kier alpha value is -3.22. The topological polar surface area (TPSA) is 88.4 Å². The van der Waals surface area contributed by atoms with E-state index in [-0.39, 0.29) is 34.5 Å². The monoisotopic (exact) mass is 573 g/mol. The summed E-state index contributed by atoms with van der Waals surface area (Å²) in [6, 6.07) is 10.5. The zero-order chi connectivity index (χ0) is 27.9. The summed E-state index contributed by atoms with van der Waals surface area (Å²) in [5.41, 5.74) is 2.70. The van der Waals surface area contributed by atoms with Crippen LogP contribution in [0.3, 0.4) is 0 Å². The van der Waals surface area contributed by atoms with Crippen LogP contribution in [0.5, 0.6) is 0 Å². The Kier molecular flexibility index (Phi) is 7.53. The maximum absolute atomic E-state index is 14.5. The molecular formula is C27H29F2N5O3S2. The fourth-order valence-corrected chi connectivity index (χ4v) is 7.46. The normalized spacial score (nSPS) is 16.6. The third-order valence-electron chi connectivity index (χ3n) is 6.93. The van der Waals surface area contributed by atoms with E-state index in [4.69, 9.17) is 0 Å². The number of thiazole rings is 1. The Balaban J connectivity index is 1.44. The number of carbonyl (C=O) groups excluding carboxylic acids is 1. The van der Waals surface area contributed by atoms with Gasteiger partial charge in [-0.2, -0.15) is 9.40 Å². The van der Waals surface area contributed by atoms with Crippen molar-refractivity contribution >= 4 is 42.6 Å². The Bertz CT molecular complexity index is 1630. The van der Waals surface area contributed by atoms with Crippen molar-refractivity contribution in [2.24, 2.45) is 5.92 Å². The Labute approximate surface area is 229 Å². The molecule has 2 aromatic carbocycles. The average Bonchev–Trinajstić information content (AvgIpc) is 3.46. The molecule has 0 aliphatic carbocycles. The van der Waals surface area contributed by atoms with Crippen LogP contribution in [0.15, 0.2) is 47.4 Å². The molecule has 0 spiro atoms. The van der Waals surface area contributed by atoms with Crippen molar-refractivity contribution in [3.63, 3.8) is 0 Å². The van der Waals surface area contributed by atoms with E-state index in [9.17, 15) is 22.0 Å². The number of fused-ring (bicyclic) bond motifs is 1.